The largest absolute Gasteiger partial charge is 0.399 e. The van der Waals surface area contributed by atoms with Gasteiger partial charge in [-0.1, -0.05) is 0 Å². The zero-order chi connectivity index (χ0) is 12.7. The molecule has 0 amide bonds. The molecule has 0 atom stereocenters. The molecule has 3 aromatic rings. The minimum Gasteiger partial charge on any atom is -0.399 e. The number of nitrogen functional groups attached to an aromatic ring is 1. The number of hydrogen-bond acceptors (Lipinski definition) is 4. The molecule has 0 aliphatic carbocycles. The van der Waals surface area contributed by atoms with Gasteiger partial charge in [0.2, 0.25) is 0 Å². The Bertz CT molecular complexity index is 709. The van der Waals surface area contributed by atoms with Crippen molar-refractivity contribution in [2.24, 2.45) is 7.05 Å². The van der Waals surface area contributed by atoms with Crippen LogP contribution < -0.4 is 5.73 Å². The van der Waals surface area contributed by atoms with Crippen molar-refractivity contribution in [3.8, 4) is 0 Å². The van der Waals surface area contributed by atoms with Gasteiger partial charge >= 0.3 is 0 Å². The number of benzene rings is 1. The first-order valence-corrected chi connectivity index (χ1v) is 5.70. The van der Waals surface area contributed by atoms with E-state index in [1.807, 2.05) is 32.2 Å². The lowest BCUT2D eigenvalue weighted by atomic mass is 10.3. The molecule has 0 aliphatic rings. The zero-order valence-electron chi connectivity index (χ0n) is 10.3. The Hall–Kier alpha value is -2.37. The smallest absolute Gasteiger partial charge is 0.170 e. The highest BCUT2D eigenvalue weighted by atomic mass is 15.3. The van der Waals surface area contributed by atoms with E-state index in [0.717, 1.165) is 28.4 Å². The van der Waals surface area contributed by atoms with Crippen LogP contribution in [0.2, 0.25) is 0 Å². The van der Waals surface area contributed by atoms with Gasteiger partial charge in [-0.2, -0.15) is 5.10 Å². The van der Waals surface area contributed by atoms with Crippen LogP contribution in [0.5, 0.6) is 0 Å². The normalized spacial score (nSPS) is 11.2. The Balaban J connectivity index is 2.08. The summed E-state index contributed by atoms with van der Waals surface area (Å²) >= 11 is 0. The molecule has 3 rings (SSSR count). The summed E-state index contributed by atoms with van der Waals surface area (Å²) < 4.78 is 3.78. The van der Waals surface area contributed by atoms with Crippen molar-refractivity contribution in [3.63, 3.8) is 0 Å². The van der Waals surface area contributed by atoms with Gasteiger partial charge in [-0.3, -0.25) is 4.68 Å². The second kappa shape index (κ2) is 3.83. The molecule has 6 nitrogen and oxygen atoms in total. The van der Waals surface area contributed by atoms with E-state index in [1.165, 1.54) is 0 Å². The lowest BCUT2D eigenvalue weighted by molar-refractivity contribution is 0.699. The average Bonchev–Trinajstić information content (AvgIpc) is 2.84. The number of nitrogens with two attached hydrogens (primary N) is 1. The van der Waals surface area contributed by atoms with Gasteiger partial charge in [0.25, 0.3) is 0 Å². The Labute approximate surface area is 104 Å². The molecule has 2 heterocycles. The van der Waals surface area contributed by atoms with Crippen molar-refractivity contribution in [1.29, 1.82) is 0 Å². The van der Waals surface area contributed by atoms with E-state index in [9.17, 15) is 0 Å². The molecule has 0 aliphatic heterocycles. The van der Waals surface area contributed by atoms with E-state index in [4.69, 9.17) is 5.73 Å². The van der Waals surface area contributed by atoms with Crippen molar-refractivity contribution >= 4 is 16.7 Å². The molecule has 92 valence electrons. The molecular weight excluding hydrogens is 228 g/mol. The predicted molar refractivity (Wildman–Crippen MR) is 69.0 cm³/mol. The average molecular weight is 242 g/mol. The van der Waals surface area contributed by atoms with E-state index in [-0.39, 0.29) is 0 Å². The summed E-state index contributed by atoms with van der Waals surface area (Å²) in [6.07, 6.45) is 1.70. The van der Waals surface area contributed by atoms with E-state index in [1.54, 1.807) is 11.0 Å². The van der Waals surface area contributed by atoms with Gasteiger partial charge in [-0.25, -0.2) is 9.97 Å². The van der Waals surface area contributed by atoms with E-state index >= 15 is 0 Å². The first kappa shape index (κ1) is 10.8. The zero-order valence-corrected chi connectivity index (χ0v) is 10.3. The standard InChI is InChI=1S/C12H14N6/c1-8-15-10-5-9(13)3-4-11(10)18(8)6-12-14-7-17(2)16-12/h3-5,7H,6,13H2,1-2H3. The fourth-order valence-electron chi connectivity index (χ4n) is 2.06. The topological polar surface area (TPSA) is 74.5 Å². The summed E-state index contributed by atoms with van der Waals surface area (Å²) in [7, 11) is 1.86. The molecule has 0 fully saturated rings. The Kier molecular flexibility index (Phi) is 2.29. The Morgan fingerprint density at radius 1 is 1.33 bits per heavy atom. The number of aryl methyl sites for hydroxylation is 2. The quantitative estimate of drug-likeness (QED) is 0.683. The third kappa shape index (κ3) is 1.71. The SMILES string of the molecule is Cc1nc2cc(N)ccc2n1Cc1ncn(C)n1. The molecule has 2 aromatic heterocycles. The Morgan fingerprint density at radius 3 is 2.89 bits per heavy atom. The number of fused-ring (bicyclic) bond motifs is 1. The van der Waals surface area contributed by atoms with Gasteiger partial charge in [-0.15, -0.1) is 0 Å². The molecule has 18 heavy (non-hydrogen) atoms. The van der Waals surface area contributed by atoms with Gasteiger partial charge in [0, 0.05) is 12.7 Å². The van der Waals surface area contributed by atoms with E-state index in [2.05, 4.69) is 19.6 Å². The molecule has 0 saturated carbocycles. The van der Waals surface area contributed by atoms with Crippen LogP contribution in [0.15, 0.2) is 24.5 Å². The number of anilines is 1. The van der Waals surface area contributed by atoms with Crippen molar-refractivity contribution in [1.82, 2.24) is 24.3 Å². The van der Waals surface area contributed by atoms with E-state index in [0.29, 0.717) is 6.54 Å². The maximum Gasteiger partial charge on any atom is 0.170 e. The molecule has 0 saturated heterocycles. The molecular formula is C12H14N6. The fourth-order valence-corrected chi connectivity index (χ4v) is 2.06. The number of imidazole rings is 1. The molecule has 0 unspecified atom stereocenters. The molecule has 0 radical (unpaired) electrons. The predicted octanol–water partition coefficient (Wildman–Crippen LogP) is 1.10. The lowest BCUT2D eigenvalue weighted by Crippen LogP contribution is -2.04. The van der Waals surface area contributed by atoms with Gasteiger partial charge in [0.05, 0.1) is 17.6 Å². The molecule has 0 spiro atoms. The highest BCUT2D eigenvalue weighted by Crippen LogP contribution is 2.19. The number of nitrogens with zero attached hydrogens (tertiary/aromatic N) is 5. The third-order valence-electron chi connectivity index (χ3n) is 2.91. The van der Waals surface area contributed by atoms with Crippen LogP contribution in [0.25, 0.3) is 11.0 Å². The first-order chi connectivity index (χ1) is 8.63. The maximum atomic E-state index is 5.76. The van der Waals surface area contributed by atoms with Crippen molar-refractivity contribution < 1.29 is 0 Å². The van der Waals surface area contributed by atoms with Crippen LogP contribution in [0.4, 0.5) is 5.69 Å². The number of aromatic nitrogens is 5. The van der Waals surface area contributed by atoms with E-state index < -0.39 is 0 Å². The summed E-state index contributed by atoms with van der Waals surface area (Å²) in [4.78, 5) is 8.73. The summed E-state index contributed by atoms with van der Waals surface area (Å²) in [5.74, 6) is 1.71. The molecule has 2 N–H and O–H groups in total. The van der Waals surface area contributed by atoms with Gasteiger partial charge in [0.15, 0.2) is 5.82 Å². The summed E-state index contributed by atoms with van der Waals surface area (Å²) in [6.45, 7) is 2.59. The fraction of sp³-hybridized carbons (Fsp3) is 0.250. The molecule has 6 heteroatoms. The minimum atomic E-state index is 0.618. The molecule has 0 bridgehead atoms. The van der Waals surface area contributed by atoms with Crippen LogP contribution >= 0.6 is 0 Å². The maximum absolute atomic E-state index is 5.76. The molecule has 1 aromatic carbocycles. The first-order valence-electron chi connectivity index (χ1n) is 5.70. The highest BCUT2D eigenvalue weighted by Gasteiger charge is 2.09. The highest BCUT2D eigenvalue weighted by molar-refractivity contribution is 5.79. The summed E-state index contributed by atoms with van der Waals surface area (Å²) in [6, 6.07) is 5.74. The Morgan fingerprint density at radius 2 is 2.17 bits per heavy atom. The van der Waals surface area contributed by atoms with Crippen LogP contribution in [0.3, 0.4) is 0 Å². The number of rotatable bonds is 2. The van der Waals surface area contributed by atoms with Crippen LogP contribution in [0.1, 0.15) is 11.6 Å². The monoisotopic (exact) mass is 242 g/mol. The van der Waals surface area contributed by atoms with Gasteiger partial charge in [-0.05, 0) is 25.1 Å². The van der Waals surface area contributed by atoms with Gasteiger partial charge < -0.3 is 10.3 Å². The third-order valence-corrected chi connectivity index (χ3v) is 2.91. The van der Waals surface area contributed by atoms with Crippen molar-refractivity contribution in [2.75, 3.05) is 5.73 Å². The minimum absolute atomic E-state index is 0.618. The summed E-state index contributed by atoms with van der Waals surface area (Å²) in [5.41, 5.74) is 8.44. The summed E-state index contributed by atoms with van der Waals surface area (Å²) in [5, 5.41) is 4.28. The van der Waals surface area contributed by atoms with Crippen LogP contribution in [-0.4, -0.2) is 24.3 Å². The second-order valence-corrected chi connectivity index (χ2v) is 4.33. The second-order valence-electron chi connectivity index (χ2n) is 4.33. The van der Waals surface area contributed by atoms with Crippen LogP contribution in [-0.2, 0) is 13.6 Å². The van der Waals surface area contributed by atoms with Crippen LogP contribution in [0, 0.1) is 6.92 Å². The lowest BCUT2D eigenvalue weighted by Gasteiger charge is -2.03. The van der Waals surface area contributed by atoms with Crippen molar-refractivity contribution in [3.05, 3.63) is 36.2 Å². The number of hydrogen-bond donors (Lipinski definition) is 1. The van der Waals surface area contributed by atoms with Crippen molar-refractivity contribution in [2.45, 2.75) is 13.5 Å². The van der Waals surface area contributed by atoms with Gasteiger partial charge in [0.1, 0.15) is 12.2 Å².